The third-order valence-corrected chi connectivity index (χ3v) is 5.17. The van der Waals surface area contributed by atoms with Gasteiger partial charge >= 0.3 is 0 Å². The minimum Gasteiger partial charge on any atom is -0.384 e. The van der Waals surface area contributed by atoms with E-state index in [1.165, 1.54) is 11.1 Å². The van der Waals surface area contributed by atoms with Crippen molar-refractivity contribution in [1.82, 2.24) is 15.1 Å². The van der Waals surface area contributed by atoms with Crippen molar-refractivity contribution < 1.29 is 14.6 Å². The summed E-state index contributed by atoms with van der Waals surface area (Å²) >= 11 is 0. The molecule has 3 heterocycles. The van der Waals surface area contributed by atoms with E-state index in [-0.39, 0.29) is 30.9 Å². The zero-order valence-electron chi connectivity index (χ0n) is 16.4. The molecule has 0 aromatic carbocycles. The van der Waals surface area contributed by atoms with Crippen molar-refractivity contribution in [2.45, 2.75) is 50.8 Å². The molecule has 0 saturated carbocycles. The van der Waals surface area contributed by atoms with E-state index in [0.29, 0.717) is 19.8 Å². The van der Waals surface area contributed by atoms with E-state index in [0.717, 1.165) is 31.7 Å². The van der Waals surface area contributed by atoms with Crippen LogP contribution in [0.15, 0.2) is 16.9 Å². The predicted molar refractivity (Wildman–Crippen MR) is 103 cm³/mol. The van der Waals surface area contributed by atoms with Crippen LogP contribution in [0.1, 0.15) is 39.2 Å². The first-order chi connectivity index (χ1) is 13.0. The second-order valence-electron chi connectivity index (χ2n) is 7.87. The number of ether oxygens (including phenoxy) is 2. The third-order valence-electron chi connectivity index (χ3n) is 5.17. The van der Waals surface area contributed by atoms with Crippen LogP contribution in [0.2, 0.25) is 0 Å². The van der Waals surface area contributed by atoms with Crippen molar-refractivity contribution in [1.29, 1.82) is 0 Å². The summed E-state index contributed by atoms with van der Waals surface area (Å²) in [6.45, 7) is 7.64. The van der Waals surface area contributed by atoms with E-state index >= 15 is 0 Å². The molecule has 152 valence electrons. The highest BCUT2D eigenvalue weighted by molar-refractivity contribution is 5.39. The van der Waals surface area contributed by atoms with Gasteiger partial charge in [-0.2, -0.15) is 5.10 Å². The van der Waals surface area contributed by atoms with E-state index in [4.69, 9.17) is 9.47 Å². The molecule has 2 aliphatic heterocycles. The topological polar surface area (TPSA) is 88.9 Å². The fourth-order valence-electron chi connectivity index (χ4n) is 3.71. The Hall–Kier alpha value is -1.48. The second-order valence-corrected chi connectivity index (χ2v) is 7.87. The van der Waals surface area contributed by atoms with Gasteiger partial charge in [-0.15, -0.1) is 0 Å². The molecule has 2 fully saturated rings. The number of hydrogen-bond donors (Lipinski definition) is 2. The Morgan fingerprint density at radius 2 is 2.04 bits per heavy atom. The summed E-state index contributed by atoms with van der Waals surface area (Å²) in [7, 11) is 0. The van der Waals surface area contributed by atoms with Gasteiger partial charge < -0.3 is 24.8 Å². The molecule has 27 heavy (non-hydrogen) atoms. The molecule has 0 aliphatic carbocycles. The Labute approximate surface area is 160 Å². The fourth-order valence-corrected chi connectivity index (χ4v) is 3.71. The Morgan fingerprint density at radius 1 is 1.30 bits per heavy atom. The quantitative estimate of drug-likeness (QED) is 0.745. The molecule has 0 radical (unpaired) electrons. The lowest BCUT2D eigenvalue weighted by atomic mass is 10.0. The number of aliphatic hydroxyl groups is 1. The number of hydrogen-bond acceptors (Lipinski definition) is 7. The van der Waals surface area contributed by atoms with Crippen LogP contribution in [0.3, 0.4) is 0 Å². The lowest BCUT2D eigenvalue weighted by Crippen LogP contribution is -2.52. The van der Waals surface area contributed by atoms with E-state index < -0.39 is 5.60 Å². The maximum absolute atomic E-state index is 12.0. The lowest BCUT2D eigenvalue weighted by Gasteiger charge is -2.37. The summed E-state index contributed by atoms with van der Waals surface area (Å²) in [5, 5.41) is 18.6. The summed E-state index contributed by atoms with van der Waals surface area (Å²) in [6, 6.07) is 3.73. The maximum Gasteiger partial charge on any atom is 0.267 e. The molecule has 1 aromatic rings. The van der Waals surface area contributed by atoms with Gasteiger partial charge in [-0.3, -0.25) is 4.79 Å². The summed E-state index contributed by atoms with van der Waals surface area (Å²) < 4.78 is 12.4. The molecule has 1 aromatic heterocycles. The number of anilines is 1. The Bertz CT molecular complexity index is 655. The highest BCUT2D eigenvalue weighted by Gasteiger charge is 2.31. The van der Waals surface area contributed by atoms with Crippen molar-refractivity contribution in [3.05, 3.63) is 22.5 Å². The molecule has 8 heteroatoms. The SMILES string of the molecule is CC(C)n1nc(N2CCCCC2CNCC2(O)COCCOC2)ccc1=O. The van der Waals surface area contributed by atoms with Gasteiger partial charge in [0.15, 0.2) is 0 Å². The van der Waals surface area contributed by atoms with Crippen LogP contribution in [0.25, 0.3) is 0 Å². The highest BCUT2D eigenvalue weighted by Crippen LogP contribution is 2.22. The molecular formula is C19H32N4O4. The van der Waals surface area contributed by atoms with Crippen molar-refractivity contribution in [3.63, 3.8) is 0 Å². The number of aromatic nitrogens is 2. The first-order valence-electron chi connectivity index (χ1n) is 9.94. The van der Waals surface area contributed by atoms with Crippen molar-refractivity contribution in [2.24, 2.45) is 0 Å². The average Bonchev–Trinajstić information content (AvgIpc) is 2.87. The molecule has 2 aliphatic rings. The van der Waals surface area contributed by atoms with Gasteiger partial charge in [-0.05, 0) is 39.2 Å². The van der Waals surface area contributed by atoms with Gasteiger partial charge in [0.05, 0.1) is 32.5 Å². The Morgan fingerprint density at radius 3 is 2.74 bits per heavy atom. The molecular weight excluding hydrogens is 348 g/mol. The molecule has 0 bridgehead atoms. The molecule has 1 atom stereocenters. The molecule has 3 rings (SSSR count). The Kier molecular flexibility index (Phi) is 6.86. The monoisotopic (exact) mass is 380 g/mol. The van der Waals surface area contributed by atoms with Crippen LogP contribution in [-0.2, 0) is 9.47 Å². The first-order valence-corrected chi connectivity index (χ1v) is 9.94. The smallest absolute Gasteiger partial charge is 0.267 e. The zero-order chi connectivity index (χ0) is 19.3. The maximum atomic E-state index is 12.0. The molecule has 0 amide bonds. The number of nitrogens with one attached hydrogen (secondary N) is 1. The summed E-state index contributed by atoms with van der Waals surface area (Å²) in [4.78, 5) is 14.3. The minimum absolute atomic E-state index is 0.0308. The van der Waals surface area contributed by atoms with Gasteiger partial charge in [0.1, 0.15) is 11.4 Å². The second kappa shape index (κ2) is 9.14. The number of rotatable bonds is 6. The van der Waals surface area contributed by atoms with Crippen molar-refractivity contribution >= 4 is 5.82 Å². The molecule has 2 N–H and O–H groups in total. The summed E-state index contributed by atoms with van der Waals surface area (Å²) in [5.74, 6) is 0.842. The van der Waals surface area contributed by atoms with Crippen molar-refractivity contribution in [3.8, 4) is 0 Å². The average molecular weight is 380 g/mol. The van der Waals surface area contributed by atoms with Gasteiger partial charge in [-0.1, -0.05) is 0 Å². The standard InChI is InChI=1S/C19H32N4O4/c1-15(2)23-18(24)7-6-17(21-23)22-8-4-3-5-16(22)11-20-12-19(25)13-26-9-10-27-14-19/h6-7,15-16,20,25H,3-5,8-14H2,1-2H3. The summed E-state index contributed by atoms with van der Waals surface area (Å²) in [5.41, 5.74) is -1.06. The third kappa shape index (κ3) is 5.28. The van der Waals surface area contributed by atoms with E-state index in [1.807, 2.05) is 19.9 Å². The van der Waals surface area contributed by atoms with E-state index in [9.17, 15) is 9.90 Å². The molecule has 1 unspecified atom stereocenters. The number of nitrogens with zero attached hydrogens (tertiary/aromatic N) is 3. The number of piperidine rings is 1. The van der Waals surface area contributed by atoms with Crippen LogP contribution in [0.4, 0.5) is 5.82 Å². The summed E-state index contributed by atoms with van der Waals surface area (Å²) in [6.07, 6.45) is 3.34. The first kappa shape index (κ1) is 20.3. The Balaban J connectivity index is 1.63. The van der Waals surface area contributed by atoms with Gasteiger partial charge in [0.25, 0.3) is 5.56 Å². The van der Waals surface area contributed by atoms with Gasteiger partial charge in [0, 0.05) is 31.7 Å². The molecule has 2 saturated heterocycles. The van der Waals surface area contributed by atoms with Crippen LogP contribution in [0.5, 0.6) is 0 Å². The highest BCUT2D eigenvalue weighted by atomic mass is 16.6. The van der Waals surface area contributed by atoms with Crippen LogP contribution >= 0.6 is 0 Å². The van der Waals surface area contributed by atoms with Crippen molar-refractivity contribution in [2.75, 3.05) is 51.0 Å². The zero-order valence-corrected chi connectivity index (χ0v) is 16.4. The normalized spacial score (nSPS) is 23.4. The van der Waals surface area contributed by atoms with Gasteiger partial charge in [-0.25, -0.2) is 4.68 Å². The molecule has 0 spiro atoms. The van der Waals surface area contributed by atoms with Crippen LogP contribution in [0, 0.1) is 0 Å². The molecule has 8 nitrogen and oxygen atoms in total. The largest absolute Gasteiger partial charge is 0.384 e. The van der Waals surface area contributed by atoms with Gasteiger partial charge in [0.2, 0.25) is 0 Å². The minimum atomic E-state index is -0.987. The fraction of sp³-hybridized carbons (Fsp3) is 0.789. The van der Waals surface area contributed by atoms with Crippen LogP contribution < -0.4 is 15.8 Å². The predicted octanol–water partition coefficient (Wildman–Crippen LogP) is 0.551. The lowest BCUT2D eigenvalue weighted by molar-refractivity contribution is -0.0531. The van der Waals surface area contributed by atoms with E-state index in [2.05, 4.69) is 15.3 Å². The van der Waals surface area contributed by atoms with Crippen LogP contribution in [-0.4, -0.2) is 72.6 Å². The van der Waals surface area contributed by atoms with E-state index in [1.54, 1.807) is 6.07 Å².